The molecule has 0 fully saturated rings. The van der Waals surface area contributed by atoms with E-state index in [0.717, 1.165) is 6.07 Å². The highest BCUT2D eigenvalue weighted by atomic mass is 19.4. The van der Waals surface area contributed by atoms with Crippen LogP contribution in [-0.2, 0) is 15.8 Å². The quantitative estimate of drug-likeness (QED) is 0.813. The van der Waals surface area contributed by atoms with Gasteiger partial charge >= 0.3 is 18.1 Å². The van der Waals surface area contributed by atoms with Crippen molar-refractivity contribution < 1.29 is 37.4 Å². The summed E-state index contributed by atoms with van der Waals surface area (Å²) in [5.74, 6) is -8.16. The Balaban J connectivity index is 3.41. The van der Waals surface area contributed by atoms with Gasteiger partial charge in [-0.2, -0.15) is 18.4 Å². The normalized spacial score (nSPS) is 14.0. The van der Waals surface area contributed by atoms with Crippen LogP contribution in [0.2, 0.25) is 0 Å². The van der Waals surface area contributed by atoms with Crippen molar-refractivity contribution >= 4 is 11.9 Å². The van der Waals surface area contributed by atoms with Crippen LogP contribution in [0.3, 0.4) is 0 Å². The van der Waals surface area contributed by atoms with Gasteiger partial charge in [-0.3, -0.25) is 9.59 Å². The molecule has 0 saturated carbocycles. The van der Waals surface area contributed by atoms with Crippen LogP contribution in [0, 0.1) is 23.1 Å². The molecule has 2 N–H and O–H groups in total. The second-order valence-corrected chi connectivity index (χ2v) is 4.39. The van der Waals surface area contributed by atoms with Gasteiger partial charge in [-0.25, -0.2) is 4.39 Å². The molecule has 9 heteroatoms. The van der Waals surface area contributed by atoms with E-state index in [9.17, 15) is 27.2 Å². The molecule has 0 aliphatic heterocycles. The second-order valence-electron chi connectivity index (χ2n) is 4.39. The molecule has 2 atom stereocenters. The zero-order chi connectivity index (χ0) is 17.1. The summed E-state index contributed by atoms with van der Waals surface area (Å²) in [6, 6.07) is 2.97. The molecule has 0 amide bonds. The van der Waals surface area contributed by atoms with E-state index in [1.165, 1.54) is 6.07 Å². The first-order valence-electron chi connectivity index (χ1n) is 5.78. The van der Waals surface area contributed by atoms with Crippen LogP contribution in [0.15, 0.2) is 18.2 Å². The summed E-state index contributed by atoms with van der Waals surface area (Å²) in [5.41, 5.74) is -2.03. The Morgan fingerprint density at radius 2 is 1.86 bits per heavy atom. The summed E-state index contributed by atoms with van der Waals surface area (Å²) >= 11 is 0. The van der Waals surface area contributed by atoms with Gasteiger partial charge in [0.05, 0.1) is 18.1 Å². The lowest BCUT2D eigenvalue weighted by atomic mass is 9.83. The first-order valence-corrected chi connectivity index (χ1v) is 5.78. The molecule has 2 unspecified atom stereocenters. The largest absolute Gasteiger partial charge is 0.481 e. The van der Waals surface area contributed by atoms with Crippen LogP contribution in [-0.4, -0.2) is 22.2 Å². The first-order chi connectivity index (χ1) is 10.1. The van der Waals surface area contributed by atoms with Gasteiger partial charge in [-0.1, -0.05) is 6.07 Å². The molecule has 0 aliphatic carbocycles. The number of hydrogen-bond donors (Lipinski definition) is 2. The van der Waals surface area contributed by atoms with Crippen molar-refractivity contribution in [3.05, 3.63) is 35.1 Å². The van der Waals surface area contributed by atoms with Crippen molar-refractivity contribution in [2.75, 3.05) is 0 Å². The fourth-order valence-electron chi connectivity index (χ4n) is 1.92. The third-order valence-electron chi connectivity index (χ3n) is 2.93. The molecule has 0 aliphatic rings. The predicted molar refractivity (Wildman–Crippen MR) is 63.1 cm³/mol. The van der Waals surface area contributed by atoms with E-state index in [1.54, 1.807) is 0 Å². The molecule has 0 bridgehead atoms. The maximum absolute atomic E-state index is 13.2. The number of halogens is 4. The van der Waals surface area contributed by atoms with Crippen LogP contribution in [0.4, 0.5) is 17.6 Å². The number of nitrogens with zero attached hydrogens (tertiary/aromatic N) is 1. The van der Waals surface area contributed by atoms with Gasteiger partial charge in [0.1, 0.15) is 5.82 Å². The monoisotopic (exact) mass is 319 g/mol. The van der Waals surface area contributed by atoms with Gasteiger partial charge < -0.3 is 10.2 Å². The zero-order valence-electron chi connectivity index (χ0n) is 10.8. The first kappa shape index (κ1) is 17.4. The van der Waals surface area contributed by atoms with Gasteiger partial charge in [0.25, 0.3) is 0 Å². The molecule has 118 valence electrons. The van der Waals surface area contributed by atoms with E-state index in [1.807, 2.05) is 0 Å². The fourth-order valence-corrected chi connectivity index (χ4v) is 1.92. The Morgan fingerprint density at radius 3 is 2.27 bits per heavy atom. The highest BCUT2D eigenvalue weighted by Gasteiger charge is 2.37. The van der Waals surface area contributed by atoms with Crippen LogP contribution in [0.25, 0.3) is 0 Å². The van der Waals surface area contributed by atoms with Gasteiger partial charge in [0, 0.05) is 5.92 Å². The molecule has 1 aromatic carbocycles. The summed E-state index contributed by atoms with van der Waals surface area (Å²) in [5, 5.41) is 26.5. The zero-order valence-corrected chi connectivity index (χ0v) is 10.8. The molecule has 0 heterocycles. The van der Waals surface area contributed by atoms with Gasteiger partial charge in [0.2, 0.25) is 0 Å². The van der Waals surface area contributed by atoms with E-state index in [4.69, 9.17) is 15.5 Å². The van der Waals surface area contributed by atoms with Gasteiger partial charge in [0.15, 0.2) is 5.92 Å². The average molecular weight is 319 g/mol. The minimum atomic E-state index is -5.03. The van der Waals surface area contributed by atoms with E-state index in [0.29, 0.717) is 12.1 Å². The lowest BCUT2D eigenvalue weighted by molar-refractivity contribution is -0.142. The number of hydrogen-bond acceptors (Lipinski definition) is 3. The molecule has 5 nitrogen and oxygen atoms in total. The van der Waals surface area contributed by atoms with Crippen molar-refractivity contribution in [1.82, 2.24) is 0 Å². The highest BCUT2D eigenvalue weighted by Crippen LogP contribution is 2.36. The number of nitriles is 1. The minimum Gasteiger partial charge on any atom is -0.481 e. The maximum atomic E-state index is 13.2. The van der Waals surface area contributed by atoms with Gasteiger partial charge in [-0.05, 0) is 17.7 Å². The SMILES string of the molecule is N#CC(C(=O)O)C(CC(=O)O)c1ccc(F)c(C(F)(F)F)c1. The number of aliphatic carboxylic acids is 2. The van der Waals surface area contributed by atoms with E-state index >= 15 is 0 Å². The Hall–Kier alpha value is -2.63. The lowest BCUT2D eigenvalue weighted by Gasteiger charge is -2.19. The second kappa shape index (κ2) is 6.43. The molecular formula is C13H9F4NO4. The fraction of sp³-hybridized carbons (Fsp3) is 0.308. The number of benzene rings is 1. The minimum absolute atomic E-state index is 0.330. The lowest BCUT2D eigenvalue weighted by Crippen LogP contribution is -2.23. The topological polar surface area (TPSA) is 98.4 Å². The molecule has 22 heavy (non-hydrogen) atoms. The van der Waals surface area contributed by atoms with Crippen molar-refractivity contribution in [3.8, 4) is 6.07 Å². The Bertz CT molecular complexity index is 636. The smallest absolute Gasteiger partial charge is 0.419 e. The maximum Gasteiger partial charge on any atom is 0.419 e. The van der Waals surface area contributed by atoms with Crippen molar-refractivity contribution in [2.24, 2.45) is 5.92 Å². The number of alkyl halides is 3. The third-order valence-corrected chi connectivity index (χ3v) is 2.93. The Morgan fingerprint density at radius 1 is 1.27 bits per heavy atom. The Kier molecular flexibility index (Phi) is 5.09. The molecule has 0 aromatic heterocycles. The molecule has 1 rings (SSSR count). The van der Waals surface area contributed by atoms with Crippen LogP contribution in [0.1, 0.15) is 23.5 Å². The molecule has 0 saturated heterocycles. The van der Waals surface area contributed by atoms with Crippen molar-refractivity contribution in [3.63, 3.8) is 0 Å². The third kappa shape index (κ3) is 3.94. The molecule has 0 spiro atoms. The number of carboxylic acids is 2. The van der Waals surface area contributed by atoms with E-state index < -0.39 is 47.8 Å². The summed E-state index contributed by atoms with van der Waals surface area (Å²) in [4.78, 5) is 21.7. The van der Waals surface area contributed by atoms with E-state index in [-0.39, 0.29) is 5.56 Å². The molecule has 0 radical (unpaired) electrons. The Labute approximate surface area is 121 Å². The number of carbonyl (C=O) groups is 2. The standard InChI is InChI=1S/C13H9F4NO4/c14-10-2-1-6(3-9(10)13(15,16)17)7(4-11(19)20)8(5-18)12(21)22/h1-3,7-8H,4H2,(H,19,20)(H,21,22). The average Bonchev–Trinajstić information content (AvgIpc) is 2.36. The summed E-state index contributed by atoms with van der Waals surface area (Å²) in [6.45, 7) is 0. The summed E-state index contributed by atoms with van der Waals surface area (Å²) in [6.07, 6.45) is -5.91. The molecular weight excluding hydrogens is 310 g/mol. The van der Waals surface area contributed by atoms with Crippen molar-refractivity contribution in [1.29, 1.82) is 5.26 Å². The number of carboxylic acid groups (broad SMARTS) is 2. The summed E-state index contributed by atoms with van der Waals surface area (Å²) in [7, 11) is 0. The van der Waals surface area contributed by atoms with Crippen LogP contribution in [0.5, 0.6) is 0 Å². The van der Waals surface area contributed by atoms with Crippen LogP contribution >= 0.6 is 0 Å². The van der Waals surface area contributed by atoms with Crippen molar-refractivity contribution in [2.45, 2.75) is 18.5 Å². The number of rotatable bonds is 5. The predicted octanol–water partition coefficient (Wildman–Crippen LogP) is 2.63. The highest BCUT2D eigenvalue weighted by molar-refractivity contribution is 5.77. The van der Waals surface area contributed by atoms with Gasteiger partial charge in [-0.15, -0.1) is 0 Å². The van der Waals surface area contributed by atoms with E-state index in [2.05, 4.69) is 0 Å². The summed E-state index contributed by atoms with van der Waals surface area (Å²) < 4.78 is 51.2. The van der Waals surface area contributed by atoms with Crippen LogP contribution < -0.4 is 0 Å². The molecule has 1 aromatic rings.